The van der Waals surface area contributed by atoms with Crippen molar-refractivity contribution in [1.29, 1.82) is 0 Å². The van der Waals surface area contributed by atoms with Crippen LogP contribution in [0.1, 0.15) is 33.1 Å². The van der Waals surface area contributed by atoms with E-state index in [1.165, 1.54) is 46.2 Å². The van der Waals surface area contributed by atoms with Crippen molar-refractivity contribution in [2.75, 3.05) is 0 Å². The highest BCUT2D eigenvalue weighted by Crippen LogP contribution is 2.50. The second-order valence-electron chi connectivity index (χ2n) is 7.86. The van der Waals surface area contributed by atoms with Gasteiger partial charge in [0.25, 0.3) is 0 Å². The number of thiazole rings is 2. The lowest BCUT2D eigenvalue weighted by atomic mass is 9.77. The zero-order valence-electron chi connectivity index (χ0n) is 18.6. The molecular weight excluding hydrogens is 509 g/mol. The molecule has 0 aliphatic carbocycles. The third kappa shape index (κ3) is 5.10. The smallest absolute Gasteiger partial charge is 0.310 e. The lowest BCUT2D eigenvalue weighted by Crippen LogP contribution is -2.45. The zero-order valence-corrected chi connectivity index (χ0v) is 21.9. The van der Waals surface area contributed by atoms with Gasteiger partial charge in [-0.15, -0.1) is 22.7 Å². The summed E-state index contributed by atoms with van der Waals surface area (Å²) in [6.45, 7) is 3.73. The van der Waals surface area contributed by atoms with E-state index in [1.54, 1.807) is 0 Å². The molecule has 2 heterocycles. The molecule has 10 heteroatoms. The highest BCUT2D eigenvalue weighted by Gasteiger charge is 2.48. The molecule has 178 valence electrons. The maximum absolute atomic E-state index is 12.7. The van der Waals surface area contributed by atoms with Crippen LogP contribution in [-0.2, 0) is 9.59 Å². The lowest BCUT2D eigenvalue weighted by molar-refractivity contribution is -0.150. The van der Waals surface area contributed by atoms with Crippen molar-refractivity contribution in [3.8, 4) is 0 Å². The van der Waals surface area contributed by atoms with Crippen molar-refractivity contribution in [3.63, 3.8) is 0 Å². The van der Waals surface area contributed by atoms with Gasteiger partial charge in [0, 0.05) is 10.5 Å². The van der Waals surface area contributed by atoms with Crippen LogP contribution in [0.15, 0.2) is 57.2 Å². The summed E-state index contributed by atoms with van der Waals surface area (Å²) < 4.78 is 3.53. The number of aliphatic carboxylic acids is 2. The summed E-state index contributed by atoms with van der Waals surface area (Å²) in [6, 6.07) is 15.6. The summed E-state index contributed by atoms with van der Waals surface area (Å²) >= 11 is 5.78. The predicted octanol–water partition coefficient (Wildman–Crippen LogP) is 6.89. The fraction of sp³-hybridized carbons (Fsp3) is 0.333. The first-order valence-electron chi connectivity index (χ1n) is 10.9. The van der Waals surface area contributed by atoms with Crippen molar-refractivity contribution in [2.45, 2.75) is 52.3 Å². The van der Waals surface area contributed by atoms with E-state index in [1.807, 2.05) is 62.4 Å². The summed E-state index contributed by atoms with van der Waals surface area (Å²) in [5, 5.41) is 19.1. The first-order valence-corrected chi connectivity index (χ1v) is 14.2. The van der Waals surface area contributed by atoms with Crippen LogP contribution in [0.25, 0.3) is 20.4 Å². The molecule has 0 radical (unpaired) electrons. The Labute approximate surface area is 213 Å². The topological polar surface area (TPSA) is 100 Å². The molecule has 4 aromatic rings. The maximum Gasteiger partial charge on any atom is 0.310 e. The van der Waals surface area contributed by atoms with E-state index < -0.39 is 27.9 Å². The Bertz CT molecular complexity index is 1250. The van der Waals surface area contributed by atoms with Gasteiger partial charge in [-0.3, -0.25) is 9.59 Å². The zero-order chi connectivity index (χ0) is 24.3. The second kappa shape index (κ2) is 10.6. The van der Waals surface area contributed by atoms with Crippen molar-refractivity contribution in [2.24, 2.45) is 5.41 Å². The average molecular weight is 533 g/mol. The summed E-state index contributed by atoms with van der Waals surface area (Å²) in [7, 11) is 0. The van der Waals surface area contributed by atoms with E-state index in [4.69, 9.17) is 4.98 Å². The molecule has 4 rings (SSSR count). The monoisotopic (exact) mass is 532 g/mol. The first-order chi connectivity index (χ1) is 16.4. The molecule has 34 heavy (non-hydrogen) atoms. The van der Waals surface area contributed by atoms with Crippen LogP contribution in [0.4, 0.5) is 0 Å². The summed E-state index contributed by atoms with van der Waals surface area (Å²) in [4.78, 5) is 34.0. The van der Waals surface area contributed by atoms with Crippen LogP contribution in [0.2, 0.25) is 0 Å². The van der Waals surface area contributed by atoms with Gasteiger partial charge < -0.3 is 10.2 Å². The SMILES string of the molecule is CCC(CC)(C(=O)O)C(Sc1nc2ccccc2s1)C(CC(=O)O)Sc1nc2ccccc2s1. The van der Waals surface area contributed by atoms with Gasteiger partial charge >= 0.3 is 11.9 Å². The highest BCUT2D eigenvalue weighted by molar-refractivity contribution is 8.05. The van der Waals surface area contributed by atoms with Crippen LogP contribution in [0.5, 0.6) is 0 Å². The number of hydrogen-bond acceptors (Lipinski definition) is 8. The molecule has 2 aromatic carbocycles. The molecule has 6 nitrogen and oxygen atoms in total. The molecule has 2 atom stereocenters. The Morgan fingerprint density at radius 3 is 1.82 bits per heavy atom. The van der Waals surface area contributed by atoms with Gasteiger partial charge in [0.2, 0.25) is 0 Å². The minimum absolute atomic E-state index is 0.168. The molecule has 0 saturated heterocycles. The van der Waals surface area contributed by atoms with Crippen LogP contribution >= 0.6 is 46.2 Å². The number of carboxylic acid groups (broad SMARTS) is 2. The predicted molar refractivity (Wildman–Crippen MR) is 141 cm³/mol. The summed E-state index contributed by atoms with van der Waals surface area (Å²) in [5.41, 5.74) is 0.609. The summed E-state index contributed by atoms with van der Waals surface area (Å²) in [6.07, 6.45) is 0.605. The number of rotatable bonds is 11. The Kier molecular flexibility index (Phi) is 7.81. The van der Waals surface area contributed by atoms with Gasteiger partial charge in [-0.1, -0.05) is 61.6 Å². The normalized spacial score (nSPS) is 13.8. The Hall–Kier alpha value is -2.14. The highest BCUT2D eigenvalue weighted by atomic mass is 32.2. The first kappa shape index (κ1) is 25.0. The van der Waals surface area contributed by atoms with E-state index >= 15 is 0 Å². The van der Waals surface area contributed by atoms with Gasteiger partial charge in [-0.25, -0.2) is 9.97 Å². The van der Waals surface area contributed by atoms with Crippen molar-refractivity contribution < 1.29 is 19.8 Å². The van der Waals surface area contributed by atoms with Crippen molar-refractivity contribution in [3.05, 3.63) is 48.5 Å². The van der Waals surface area contributed by atoms with Gasteiger partial charge in [-0.2, -0.15) is 0 Å². The van der Waals surface area contributed by atoms with Gasteiger partial charge in [0.05, 0.1) is 32.3 Å². The second-order valence-corrected chi connectivity index (χ2v) is 12.8. The van der Waals surface area contributed by atoms with Gasteiger partial charge in [0.1, 0.15) is 0 Å². The molecule has 0 aliphatic heterocycles. The van der Waals surface area contributed by atoms with Crippen LogP contribution in [0.3, 0.4) is 0 Å². The lowest BCUT2D eigenvalue weighted by Gasteiger charge is -2.38. The quantitative estimate of drug-likeness (QED) is 0.201. The number of carbonyl (C=O) groups is 2. The van der Waals surface area contributed by atoms with E-state index in [2.05, 4.69) is 4.98 Å². The summed E-state index contributed by atoms with van der Waals surface area (Å²) in [5.74, 6) is -1.86. The van der Waals surface area contributed by atoms with Crippen LogP contribution in [-0.4, -0.2) is 42.6 Å². The van der Waals surface area contributed by atoms with E-state index in [9.17, 15) is 19.8 Å². The third-order valence-electron chi connectivity index (χ3n) is 5.97. The Morgan fingerprint density at radius 2 is 1.38 bits per heavy atom. The molecule has 0 spiro atoms. The maximum atomic E-state index is 12.7. The number of aromatic nitrogens is 2. The molecule has 2 N–H and O–H groups in total. The van der Waals surface area contributed by atoms with Gasteiger partial charge in [0.15, 0.2) is 8.68 Å². The minimum Gasteiger partial charge on any atom is -0.481 e. The largest absolute Gasteiger partial charge is 0.481 e. The molecule has 0 bridgehead atoms. The van der Waals surface area contributed by atoms with Crippen LogP contribution in [0, 0.1) is 5.41 Å². The standard InChI is InChI=1S/C24H24N2O4S4/c1-3-24(4-2,21(29)30)20(34-23-26-15-10-6-8-12-17(15)32-23)18(13-19(27)28)33-22-25-14-9-5-7-11-16(14)31-22/h5-12,18,20H,3-4,13H2,1-2H3,(H,27,28)(H,29,30). The fourth-order valence-corrected chi connectivity index (χ4v) is 9.67. The molecule has 0 aliphatic rings. The molecule has 0 amide bonds. The Balaban J connectivity index is 1.77. The Morgan fingerprint density at radius 1 is 0.882 bits per heavy atom. The number of fused-ring (bicyclic) bond motifs is 2. The number of nitrogens with zero attached hydrogens (tertiary/aromatic N) is 2. The van der Waals surface area contributed by atoms with E-state index in [-0.39, 0.29) is 6.42 Å². The van der Waals surface area contributed by atoms with E-state index in [0.717, 1.165) is 29.1 Å². The number of thioether (sulfide) groups is 2. The number of benzene rings is 2. The molecule has 2 unspecified atom stereocenters. The van der Waals surface area contributed by atoms with Gasteiger partial charge in [-0.05, 0) is 37.1 Å². The third-order valence-corrected chi connectivity index (χ3v) is 11.2. The molecular formula is C24H24N2O4S4. The van der Waals surface area contributed by atoms with E-state index in [0.29, 0.717) is 12.8 Å². The molecule has 0 fully saturated rings. The van der Waals surface area contributed by atoms with Crippen molar-refractivity contribution >= 4 is 78.6 Å². The average Bonchev–Trinajstić information content (AvgIpc) is 3.41. The molecule has 0 saturated carbocycles. The van der Waals surface area contributed by atoms with Crippen molar-refractivity contribution in [1.82, 2.24) is 9.97 Å². The van der Waals surface area contributed by atoms with Crippen LogP contribution < -0.4 is 0 Å². The minimum atomic E-state index is -1.10. The molecule has 2 aromatic heterocycles. The number of carboxylic acids is 2. The fourth-order valence-electron chi connectivity index (χ4n) is 4.04. The number of para-hydroxylation sites is 2. The number of hydrogen-bond donors (Lipinski definition) is 2.